The van der Waals surface area contributed by atoms with Gasteiger partial charge in [0.1, 0.15) is 0 Å². The van der Waals surface area contributed by atoms with Crippen LogP contribution in [0.25, 0.3) is 0 Å². The number of hydrogen-bond donors (Lipinski definition) is 3. The molecule has 0 aliphatic carbocycles. The highest BCUT2D eigenvalue weighted by atomic mass is 32.1. The quantitative estimate of drug-likeness (QED) is 0.390. The standard InChI is InChI=1S/C6H14N2OS/c1-6(2,3)8-5(9)7-4-10/h10H,4H2,1-3H3,(H2,7,8,9). The third-order valence-corrected chi connectivity index (χ3v) is 0.886. The minimum Gasteiger partial charge on any atom is -0.334 e. The Morgan fingerprint density at radius 1 is 1.50 bits per heavy atom. The van der Waals surface area contributed by atoms with Gasteiger partial charge < -0.3 is 10.6 Å². The van der Waals surface area contributed by atoms with Crippen LogP contribution in [0.3, 0.4) is 0 Å². The number of hydrogen-bond acceptors (Lipinski definition) is 2. The van der Waals surface area contributed by atoms with Gasteiger partial charge in [-0.05, 0) is 20.8 Å². The Kier molecular flexibility index (Phi) is 3.57. The zero-order chi connectivity index (χ0) is 8.20. The summed E-state index contributed by atoms with van der Waals surface area (Å²) in [4.78, 5) is 10.8. The molecule has 0 aromatic rings. The van der Waals surface area contributed by atoms with Crippen molar-refractivity contribution in [2.45, 2.75) is 26.3 Å². The Balaban J connectivity index is 3.58. The normalized spacial score (nSPS) is 10.8. The monoisotopic (exact) mass is 162 g/mol. The molecule has 2 amide bonds. The average molecular weight is 162 g/mol. The topological polar surface area (TPSA) is 41.1 Å². The van der Waals surface area contributed by atoms with Gasteiger partial charge in [-0.15, -0.1) is 0 Å². The highest BCUT2D eigenvalue weighted by Gasteiger charge is 2.11. The second kappa shape index (κ2) is 3.71. The second-order valence-corrected chi connectivity index (χ2v) is 3.36. The van der Waals surface area contributed by atoms with E-state index in [1.54, 1.807) is 0 Å². The van der Waals surface area contributed by atoms with Crippen LogP contribution in [0.15, 0.2) is 0 Å². The number of nitrogens with one attached hydrogen (secondary N) is 2. The molecule has 0 spiro atoms. The molecular formula is C6H14N2OS. The van der Waals surface area contributed by atoms with E-state index in [0.717, 1.165) is 0 Å². The second-order valence-electron chi connectivity index (χ2n) is 3.04. The van der Waals surface area contributed by atoms with Crippen LogP contribution in [-0.4, -0.2) is 17.4 Å². The SMILES string of the molecule is CC(C)(C)NC(=O)NCS. The Hall–Kier alpha value is -0.380. The van der Waals surface area contributed by atoms with Crippen LogP contribution in [0.5, 0.6) is 0 Å². The Bertz CT molecular complexity index is 119. The summed E-state index contributed by atoms with van der Waals surface area (Å²) < 4.78 is 0. The van der Waals surface area contributed by atoms with E-state index in [-0.39, 0.29) is 11.6 Å². The molecular weight excluding hydrogens is 148 g/mol. The molecule has 0 aliphatic rings. The summed E-state index contributed by atoms with van der Waals surface area (Å²) >= 11 is 3.84. The lowest BCUT2D eigenvalue weighted by molar-refractivity contribution is 0.233. The zero-order valence-corrected chi connectivity index (χ0v) is 7.46. The molecule has 0 fully saturated rings. The number of rotatable bonds is 1. The number of carbonyl (C=O) groups excluding carboxylic acids is 1. The van der Waals surface area contributed by atoms with Gasteiger partial charge in [-0.3, -0.25) is 0 Å². The Morgan fingerprint density at radius 3 is 2.30 bits per heavy atom. The van der Waals surface area contributed by atoms with Crippen molar-refractivity contribution < 1.29 is 4.79 Å². The van der Waals surface area contributed by atoms with Crippen LogP contribution >= 0.6 is 12.6 Å². The largest absolute Gasteiger partial charge is 0.334 e. The van der Waals surface area contributed by atoms with Gasteiger partial charge in [0, 0.05) is 5.54 Å². The first kappa shape index (κ1) is 9.62. The third-order valence-electron chi connectivity index (χ3n) is 0.728. The fourth-order valence-corrected chi connectivity index (χ4v) is 0.600. The molecule has 0 aromatic heterocycles. The minimum atomic E-state index is -0.178. The van der Waals surface area contributed by atoms with Crippen LogP contribution in [0.1, 0.15) is 20.8 Å². The van der Waals surface area contributed by atoms with Crippen LogP contribution in [0.4, 0.5) is 4.79 Å². The maximum Gasteiger partial charge on any atom is 0.315 e. The van der Waals surface area contributed by atoms with E-state index in [1.807, 2.05) is 20.8 Å². The van der Waals surface area contributed by atoms with Gasteiger partial charge in [-0.1, -0.05) is 0 Å². The zero-order valence-electron chi connectivity index (χ0n) is 6.56. The fraction of sp³-hybridized carbons (Fsp3) is 0.833. The predicted molar refractivity (Wildman–Crippen MR) is 45.3 cm³/mol. The third kappa shape index (κ3) is 5.75. The molecule has 0 aliphatic heterocycles. The fourth-order valence-electron chi connectivity index (χ4n) is 0.457. The summed E-state index contributed by atoms with van der Waals surface area (Å²) in [6.07, 6.45) is 0. The molecule has 0 rings (SSSR count). The first-order chi connectivity index (χ1) is 4.45. The minimum absolute atomic E-state index is 0.174. The first-order valence-corrected chi connectivity index (χ1v) is 3.76. The summed E-state index contributed by atoms with van der Waals surface area (Å²) in [5.41, 5.74) is -0.174. The molecule has 0 bridgehead atoms. The van der Waals surface area contributed by atoms with Crippen molar-refractivity contribution in [2.75, 3.05) is 5.88 Å². The number of carbonyl (C=O) groups is 1. The van der Waals surface area contributed by atoms with Gasteiger partial charge in [0.25, 0.3) is 0 Å². The van der Waals surface area contributed by atoms with Crippen molar-refractivity contribution in [3.8, 4) is 0 Å². The maximum absolute atomic E-state index is 10.8. The average Bonchev–Trinajstić information content (AvgIpc) is 1.59. The van der Waals surface area contributed by atoms with Gasteiger partial charge in [-0.2, -0.15) is 12.6 Å². The lowest BCUT2D eigenvalue weighted by Gasteiger charge is -2.20. The van der Waals surface area contributed by atoms with Crippen molar-refractivity contribution in [3.05, 3.63) is 0 Å². The van der Waals surface area contributed by atoms with Crippen LogP contribution in [-0.2, 0) is 0 Å². The van der Waals surface area contributed by atoms with Gasteiger partial charge in [-0.25, -0.2) is 4.79 Å². The molecule has 4 heteroatoms. The molecule has 0 atom stereocenters. The molecule has 0 unspecified atom stereocenters. The molecule has 2 N–H and O–H groups in total. The molecule has 60 valence electrons. The summed E-state index contributed by atoms with van der Waals surface area (Å²) in [5.74, 6) is 0.363. The first-order valence-electron chi connectivity index (χ1n) is 3.12. The van der Waals surface area contributed by atoms with Gasteiger partial charge in [0.15, 0.2) is 0 Å². The van der Waals surface area contributed by atoms with E-state index in [4.69, 9.17) is 0 Å². The molecule has 0 saturated carbocycles. The number of amides is 2. The van der Waals surface area contributed by atoms with Crippen LogP contribution in [0, 0.1) is 0 Å². The number of thiol groups is 1. The van der Waals surface area contributed by atoms with E-state index >= 15 is 0 Å². The molecule has 3 nitrogen and oxygen atoms in total. The summed E-state index contributed by atoms with van der Waals surface area (Å²) in [6, 6.07) is -0.178. The summed E-state index contributed by atoms with van der Waals surface area (Å²) in [5, 5.41) is 5.24. The van der Waals surface area contributed by atoms with Gasteiger partial charge in [0.2, 0.25) is 0 Å². The van der Waals surface area contributed by atoms with Crippen molar-refractivity contribution in [2.24, 2.45) is 0 Å². The van der Waals surface area contributed by atoms with E-state index in [9.17, 15) is 4.79 Å². The predicted octanol–water partition coefficient (Wildman–Crippen LogP) is 0.971. The molecule has 0 radical (unpaired) electrons. The van der Waals surface area contributed by atoms with Gasteiger partial charge in [0.05, 0.1) is 5.88 Å². The van der Waals surface area contributed by atoms with E-state index < -0.39 is 0 Å². The van der Waals surface area contributed by atoms with Crippen LogP contribution in [0.2, 0.25) is 0 Å². The van der Waals surface area contributed by atoms with Gasteiger partial charge >= 0.3 is 6.03 Å². The summed E-state index contributed by atoms with van der Waals surface area (Å²) in [6.45, 7) is 5.77. The summed E-state index contributed by atoms with van der Waals surface area (Å²) in [7, 11) is 0. The molecule has 0 aromatic carbocycles. The van der Waals surface area contributed by atoms with Crippen LogP contribution < -0.4 is 10.6 Å². The van der Waals surface area contributed by atoms with Crippen molar-refractivity contribution in [3.63, 3.8) is 0 Å². The smallest absolute Gasteiger partial charge is 0.315 e. The maximum atomic E-state index is 10.8. The Labute approximate surface area is 67.0 Å². The van der Waals surface area contributed by atoms with Crippen molar-refractivity contribution >= 4 is 18.7 Å². The molecule has 10 heavy (non-hydrogen) atoms. The highest BCUT2D eigenvalue weighted by Crippen LogP contribution is 1.96. The highest BCUT2D eigenvalue weighted by molar-refractivity contribution is 7.80. The van der Waals surface area contributed by atoms with Crippen molar-refractivity contribution in [1.29, 1.82) is 0 Å². The lowest BCUT2D eigenvalue weighted by atomic mass is 10.1. The number of urea groups is 1. The van der Waals surface area contributed by atoms with E-state index in [2.05, 4.69) is 23.3 Å². The lowest BCUT2D eigenvalue weighted by Crippen LogP contribution is -2.46. The van der Waals surface area contributed by atoms with E-state index in [0.29, 0.717) is 5.88 Å². The molecule has 0 saturated heterocycles. The Morgan fingerprint density at radius 2 is 2.00 bits per heavy atom. The van der Waals surface area contributed by atoms with Crippen molar-refractivity contribution in [1.82, 2.24) is 10.6 Å². The molecule has 0 heterocycles. The van der Waals surface area contributed by atoms with E-state index in [1.165, 1.54) is 0 Å².